The molecule has 0 radical (unpaired) electrons. The van der Waals surface area contributed by atoms with Crippen molar-refractivity contribution >= 4 is 23.8 Å². The summed E-state index contributed by atoms with van der Waals surface area (Å²) in [5.74, 6) is -1.16. The van der Waals surface area contributed by atoms with Gasteiger partial charge in [0, 0.05) is 37.8 Å². The van der Waals surface area contributed by atoms with E-state index in [1.54, 1.807) is 0 Å². The summed E-state index contributed by atoms with van der Waals surface area (Å²) in [4.78, 5) is 45.8. The van der Waals surface area contributed by atoms with Crippen LogP contribution in [0.15, 0.2) is 0 Å². The molecular formula is C34H66N2O6. The molecule has 0 saturated carbocycles. The molecule has 0 rings (SSSR count). The molecule has 8 heteroatoms. The molecule has 0 aliphatic carbocycles. The van der Waals surface area contributed by atoms with Gasteiger partial charge in [-0.1, -0.05) is 111 Å². The van der Waals surface area contributed by atoms with E-state index in [1.165, 1.54) is 71.3 Å². The normalized spacial score (nSPS) is 12.0. The van der Waals surface area contributed by atoms with Gasteiger partial charge in [-0.2, -0.15) is 0 Å². The summed E-state index contributed by atoms with van der Waals surface area (Å²) in [7, 11) is 1.43. The molecule has 0 fully saturated rings. The van der Waals surface area contributed by atoms with Crippen LogP contribution >= 0.6 is 0 Å². The first-order chi connectivity index (χ1) is 20.2. The van der Waals surface area contributed by atoms with E-state index in [1.807, 2.05) is 13.8 Å². The van der Waals surface area contributed by atoms with Crippen molar-refractivity contribution in [3.05, 3.63) is 0 Å². The van der Waals surface area contributed by atoms with Crippen LogP contribution in [-0.4, -0.2) is 49.1 Å². The zero-order valence-corrected chi connectivity index (χ0v) is 27.9. The highest BCUT2D eigenvalue weighted by molar-refractivity contribution is 5.81. The quantitative estimate of drug-likeness (QED) is 0.0651. The Morgan fingerprint density at radius 1 is 0.619 bits per heavy atom. The van der Waals surface area contributed by atoms with Gasteiger partial charge in [0.25, 0.3) is 0 Å². The second kappa shape index (κ2) is 31.8. The number of rotatable bonds is 27. The molecule has 0 bridgehead atoms. The van der Waals surface area contributed by atoms with Crippen LogP contribution in [0.25, 0.3) is 0 Å². The number of unbranched alkanes of at least 4 members (excludes halogenated alkanes) is 14. The summed E-state index contributed by atoms with van der Waals surface area (Å²) in [5.41, 5.74) is 0. The molecule has 0 aromatic heterocycles. The third-order valence-electron chi connectivity index (χ3n) is 7.61. The van der Waals surface area contributed by atoms with Gasteiger partial charge in [-0.05, 0) is 38.5 Å². The number of hydrogen-bond acceptors (Lipinski definition) is 5. The molecule has 0 saturated heterocycles. The number of carboxylic acid groups (broad SMARTS) is 1. The number of ether oxygens (including phenoxy) is 1. The molecule has 2 unspecified atom stereocenters. The molecule has 2 atom stereocenters. The van der Waals surface area contributed by atoms with Gasteiger partial charge in [0.15, 0.2) is 0 Å². The number of aliphatic carboxylic acids is 1. The Kier molecular flexibility index (Phi) is 31.8. The Hall–Kier alpha value is -2.12. The maximum Gasteiger partial charge on any atom is 0.305 e. The van der Waals surface area contributed by atoms with Crippen LogP contribution in [0.2, 0.25) is 0 Å². The van der Waals surface area contributed by atoms with Gasteiger partial charge in [0.05, 0.1) is 7.11 Å². The lowest BCUT2D eigenvalue weighted by molar-refractivity contribution is -0.141. The average molecular weight is 599 g/mol. The van der Waals surface area contributed by atoms with Gasteiger partial charge in [-0.15, -0.1) is 0 Å². The van der Waals surface area contributed by atoms with Crippen molar-refractivity contribution in [2.75, 3.05) is 20.2 Å². The van der Waals surface area contributed by atoms with Crippen LogP contribution in [0.1, 0.15) is 163 Å². The fraction of sp³-hybridized carbons (Fsp3) is 0.882. The summed E-state index contributed by atoms with van der Waals surface area (Å²) >= 11 is 0. The van der Waals surface area contributed by atoms with Crippen LogP contribution in [0.4, 0.5) is 0 Å². The maximum absolute atomic E-state index is 12.5. The first-order valence-corrected chi connectivity index (χ1v) is 17.1. The van der Waals surface area contributed by atoms with E-state index in [9.17, 15) is 19.2 Å². The number of nitrogens with one attached hydrogen (secondary N) is 2. The van der Waals surface area contributed by atoms with E-state index in [0.717, 1.165) is 51.5 Å². The van der Waals surface area contributed by atoms with Crippen molar-refractivity contribution in [3.63, 3.8) is 0 Å². The number of carbonyl (C=O) groups is 4. The van der Waals surface area contributed by atoms with E-state index in [-0.39, 0.29) is 36.0 Å². The highest BCUT2D eigenvalue weighted by atomic mass is 16.5. The molecule has 0 aromatic carbocycles. The van der Waals surface area contributed by atoms with Crippen molar-refractivity contribution in [2.45, 2.75) is 163 Å². The Balaban J connectivity index is 0. The summed E-state index contributed by atoms with van der Waals surface area (Å²) in [6, 6.07) is 0. The first kappa shape index (κ1) is 42.0. The molecule has 0 spiro atoms. The van der Waals surface area contributed by atoms with Gasteiger partial charge >= 0.3 is 11.9 Å². The third kappa shape index (κ3) is 29.4. The van der Waals surface area contributed by atoms with Crippen molar-refractivity contribution in [1.29, 1.82) is 0 Å². The third-order valence-corrected chi connectivity index (χ3v) is 7.61. The number of methoxy groups -OCH3 is 1. The predicted molar refractivity (Wildman–Crippen MR) is 172 cm³/mol. The van der Waals surface area contributed by atoms with Crippen LogP contribution < -0.4 is 10.6 Å². The molecule has 0 aliphatic heterocycles. The Bertz CT molecular complexity index is 670. The average Bonchev–Trinajstić information content (AvgIpc) is 2.98. The van der Waals surface area contributed by atoms with Crippen LogP contribution in [0.3, 0.4) is 0 Å². The van der Waals surface area contributed by atoms with Gasteiger partial charge < -0.3 is 20.5 Å². The lowest BCUT2D eigenvalue weighted by atomic mass is 9.92. The second-order valence-corrected chi connectivity index (χ2v) is 11.6. The fourth-order valence-electron chi connectivity index (χ4n) is 4.72. The Labute approximate surface area is 257 Å². The van der Waals surface area contributed by atoms with E-state index in [2.05, 4.69) is 29.2 Å². The summed E-state index contributed by atoms with van der Waals surface area (Å²) in [6.07, 6.45) is 21.6. The van der Waals surface area contributed by atoms with Crippen molar-refractivity contribution < 1.29 is 29.0 Å². The van der Waals surface area contributed by atoms with Crippen LogP contribution in [0.5, 0.6) is 0 Å². The van der Waals surface area contributed by atoms with Crippen molar-refractivity contribution in [3.8, 4) is 0 Å². The van der Waals surface area contributed by atoms with E-state index in [0.29, 0.717) is 25.8 Å². The molecule has 0 aromatic rings. The lowest BCUT2D eigenvalue weighted by Crippen LogP contribution is -2.36. The highest BCUT2D eigenvalue weighted by Gasteiger charge is 2.22. The topological polar surface area (TPSA) is 122 Å². The van der Waals surface area contributed by atoms with E-state index in [4.69, 9.17) is 5.11 Å². The number of amides is 2. The fourth-order valence-corrected chi connectivity index (χ4v) is 4.72. The van der Waals surface area contributed by atoms with Crippen LogP contribution in [-0.2, 0) is 23.9 Å². The van der Waals surface area contributed by atoms with Gasteiger partial charge in [-0.25, -0.2) is 0 Å². The number of carbonyl (C=O) groups excluding carboxylic acids is 3. The van der Waals surface area contributed by atoms with Gasteiger partial charge in [0.2, 0.25) is 11.8 Å². The smallest absolute Gasteiger partial charge is 0.305 e. The van der Waals surface area contributed by atoms with Crippen molar-refractivity contribution in [1.82, 2.24) is 10.6 Å². The first-order valence-electron chi connectivity index (χ1n) is 17.1. The highest BCUT2D eigenvalue weighted by Crippen LogP contribution is 2.17. The molecule has 3 N–H and O–H groups in total. The standard InChI is InChI=1S/C26H50N2O4.C8H16O2/c1-4-6-7-8-9-10-11-12-13-16-20-28-26(32)23(5-2)21-22(3)25(31)27-19-17-14-15-18-24(29)30;1-3-4-5-6-7-8(9)10-2/h22-23H,4-21H2,1-3H3,(H,27,31)(H,28,32)(H,29,30);3-7H2,1-2H3. The minimum absolute atomic E-state index is 0.0239. The number of esters is 1. The van der Waals surface area contributed by atoms with E-state index >= 15 is 0 Å². The molecule has 42 heavy (non-hydrogen) atoms. The molecule has 2 amide bonds. The minimum atomic E-state index is -0.778. The Morgan fingerprint density at radius 3 is 1.52 bits per heavy atom. The van der Waals surface area contributed by atoms with Crippen molar-refractivity contribution in [2.24, 2.45) is 11.8 Å². The molecular weight excluding hydrogens is 532 g/mol. The Morgan fingerprint density at radius 2 is 1.05 bits per heavy atom. The SMILES string of the molecule is CCCCCCC(=O)OC.CCCCCCCCCCCCNC(=O)C(CC)CC(C)C(=O)NCCCCCC(=O)O. The second-order valence-electron chi connectivity index (χ2n) is 11.6. The monoisotopic (exact) mass is 598 g/mol. The number of carboxylic acids is 1. The lowest BCUT2D eigenvalue weighted by Gasteiger charge is -2.19. The number of hydrogen-bond donors (Lipinski definition) is 3. The summed E-state index contributed by atoms with van der Waals surface area (Å²) in [5, 5.41) is 14.6. The zero-order chi connectivity index (χ0) is 31.8. The summed E-state index contributed by atoms with van der Waals surface area (Å²) < 4.78 is 4.49. The predicted octanol–water partition coefficient (Wildman–Crippen LogP) is 7.97. The van der Waals surface area contributed by atoms with Gasteiger partial charge in [-0.3, -0.25) is 19.2 Å². The summed E-state index contributed by atoms with van der Waals surface area (Å²) in [6.45, 7) is 9.55. The van der Waals surface area contributed by atoms with E-state index < -0.39 is 5.97 Å². The van der Waals surface area contributed by atoms with Gasteiger partial charge in [0.1, 0.15) is 0 Å². The maximum atomic E-state index is 12.5. The molecule has 0 heterocycles. The molecule has 248 valence electrons. The minimum Gasteiger partial charge on any atom is -0.481 e. The molecule has 8 nitrogen and oxygen atoms in total. The molecule has 0 aliphatic rings. The van der Waals surface area contributed by atoms with Crippen LogP contribution in [0, 0.1) is 11.8 Å². The largest absolute Gasteiger partial charge is 0.481 e. The zero-order valence-electron chi connectivity index (χ0n) is 27.9.